The van der Waals surface area contributed by atoms with Gasteiger partial charge in [-0.15, -0.1) is 6.58 Å². The highest BCUT2D eigenvalue weighted by atomic mass is 16.2. The maximum absolute atomic E-state index is 11.7. The Morgan fingerprint density at radius 2 is 2.14 bits per heavy atom. The summed E-state index contributed by atoms with van der Waals surface area (Å²) in [5.74, 6) is 0. The molecule has 3 nitrogen and oxygen atoms in total. The number of carbonyl (C=O) groups excluding carboxylic acids is 1. The fraction of sp³-hybridized carbons (Fsp3) is 0.727. The molecule has 1 aliphatic heterocycles. The van der Waals surface area contributed by atoms with Crippen LogP contribution in [0.3, 0.4) is 0 Å². The number of carbonyl (C=O) groups is 1. The average molecular weight is 196 g/mol. The van der Waals surface area contributed by atoms with Crippen molar-refractivity contribution in [3.63, 3.8) is 0 Å². The highest BCUT2D eigenvalue weighted by molar-refractivity contribution is 5.74. The zero-order chi connectivity index (χ0) is 10.4. The molecular weight excluding hydrogens is 176 g/mol. The van der Waals surface area contributed by atoms with Crippen molar-refractivity contribution in [3.05, 3.63) is 12.7 Å². The van der Waals surface area contributed by atoms with Gasteiger partial charge < -0.3 is 10.2 Å². The van der Waals surface area contributed by atoms with Gasteiger partial charge in [-0.25, -0.2) is 4.79 Å². The zero-order valence-electron chi connectivity index (χ0n) is 8.96. The Hall–Kier alpha value is -0.990. The number of nitrogens with zero attached hydrogens (tertiary/aromatic N) is 1. The van der Waals surface area contributed by atoms with Crippen LogP contribution in [0.1, 0.15) is 32.6 Å². The molecule has 0 aromatic carbocycles. The Morgan fingerprint density at radius 1 is 1.50 bits per heavy atom. The first-order valence-corrected chi connectivity index (χ1v) is 5.40. The lowest BCUT2D eigenvalue weighted by Crippen LogP contribution is -2.45. The fourth-order valence-corrected chi connectivity index (χ4v) is 1.71. The van der Waals surface area contributed by atoms with E-state index in [2.05, 4.69) is 11.9 Å². The van der Waals surface area contributed by atoms with E-state index in [9.17, 15) is 4.79 Å². The molecule has 1 saturated heterocycles. The Labute approximate surface area is 86.2 Å². The van der Waals surface area contributed by atoms with Crippen molar-refractivity contribution in [2.45, 2.75) is 38.6 Å². The summed E-state index contributed by atoms with van der Waals surface area (Å²) < 4.78 is 0. The lowest BCUT2D eigenvalue weighted by Gasteiger charge is -2.28. The van der Waals surface area contributed by atoms with Crippen LogP contribution in [-0.4, -0.2) is 30.1 Å². The van der Waals surface area contributed by atoms with Crippen molar-refractivity contribution in [2.24, 2.45) is 0 Å². The second kappa shape index (κ2) is 5.68. The smallest absolute Gasteiger partial charge is 0.317 e. The van der Waals surface area contributed by atoms with E-state index in [-0.39, 0.29) is 12.1 Å². The third-order valence-corrected chi connectivity index (χ3v) is 2.53. The molecule has 1 N–H and O–H groups in total. The normalized spacial score (nSPS) is 18.8. The Balaban J connectivity index is 2.28. The topological polar surface area (TPSA) is 32.3 Å². The molecule has 0 aromatic heterocycles. The molecule has 3 heteroatoms. The van der Waals surface area contributed by atoms with Crippen molar-refractivity contribution in [3.8, 4) is 0 Å². The van der Waals surface area contributed by atoms with Crippen LogP contribution in [0.5, 0.6) is 0 Å². The highest BCUT2D eigenvalue weighted by Gasteiger charge is 2.16. The molecular formula is C11H20N2O. The molecule has 1 fully saturated rings. The molecule has 2 amide bonds. The van der Waals surface area contributed by atoms with E-state index in [1.54, 1.807) is 0 Å². The van der Waals surface area contributed by atoms with Gasteiger partial charge in [0.25, 0.3) is 0 Å². The third-order valence-electron chi connectivity index (χ3n) is 2.53. The Kier molecular flexibility index (Phi) is 4.50. The molecule has 1 atom stereocenters. The number of rotatable bonds is 3. The number of hydrogen-bond donors (Lipinski definition) is 1. The molecule has 1 unspecified atom stereocenters. The van der Waals surface area contributed by atoms with Crippen LogP contribution in [0.25, 0.3) is 0 Å². The summed E-state index contributed by atoms with van der Waals surface area (Å²) in [5.41, 5.74) is 0. The standard InChI is InChI=1S/C11H20N2O/c1-3-7-10(2)12-11(14)13-8-5-4-6-9-13/h3,10H,1,4-9H2,2H3,(H,12,14). The summed E-state index contributed by atoms with van der Waals surface area (Å²) in [4.78, 5) is 13.6. The molecule has 0 spiro atoms. The van der Waals surface area contributed by atoms with Crippen LogP contribution in [0, 0.1) is 0 Å². The summed E-state index contributed by atoms with van der Waals surface area (Å²) in [5, 5.41) is 2.97. The van der Waals surface area contributed by atoms with Gasteiger partial charge in [-0.2, -0.15) is 0 Å². The van der Waals surface area contributed by atoms with Crippen LogP contribution in [0.2, 0.25) is 0 Å². The number of urea groups is 1. The molecule has 1 rings (SSSR count). The van der Waals surface area contributed by atoms with Gasteiger partial charge in [-0.1, -0.05) is 6.08 Å². The maximum atomic E-state index is 11.7. The lowest BCUT2D eigenvalue weighted by molar-refractivity contribution is 0.183. The predicted octanol–water partition coefficient (Wildman–Crippen LogP) is 2.15. The summed E-state index contributed by atoms with van der Waals surface area (Å²) in [6, 6.07) is 0.279. The minimum atomic E-state index is 0.0825. The fourth-order valence-electron chi connectivity index (χ4n) is 1.71. The van der Waals surface area contributed by atoms with Crippen molar-refractivity contribution < 1.29 is 4.79 Å². The van der Waals surface area contributed by atoms with Crippen LogP contribution in [-0.2, 0) is 0 Å². The number of nitrogens with one attached hydrogen (secondary N) is 1. The first-order valence-electron chi connectivity index (χ1n) is 5.40. The Morgan fingerprint density at radius 3 is 2.71 bits per heavy atom. The molecule has 0 bridgehead atoms. The Bertz CT molecular complexity index is 197. The second-order valence-electron chi connectivity index (χ2n) is 3.92. The van der Waals surface area contributed by atoms with E-state index in [0.29, 0.717) is 0 Å². The first kappa shape index (κ1) is 11.1. The van der Waals surface area contributed by atoms with Crippen molar-refractivity contribution in [2.75, 3.05) is 13.1 Å². The molecule has 80 valence electrons. The minimum absolute atomic E-state index is 0.0825. The summed E-state index contributed by atoms with van der Waals surface area (Å²) in [7, 11) is 0. The number of hydrogen-bond acceptors (Lipinski definition) is 1. The lowest BCUT2D eigenvalue weighted by atomic mass is 10.1. The van der Waals surface area contributed by atoms with Crippen LogP contribution in [0.4, 0.5) is 4.79 Å². The van der Waals surface area contributed by atoms with Gasteiger partial charge in [0.05, 0.1) is 0 Å². The van der Waals surface area contributed by atoms with Crippen molar-refractivity contribution >= 4 is 6.03 Å². The summed E-state index contributed by atoms with van der Waals surface area (Å²) in [6.45, 7) is 7.48. The highest BCUT2D eigenvalue weighted by Crippen LogP contribution is 2.08. The molecule has 1 aliphatic rings. The second-order valence-corrected chi connectivity index (χ2v) is 3.92. The van der Waals surface area contributed by atoms with E-state index >= 15 is 0 Å². The van der Waals surface area contributed by atoms with Gasteiger partial charge in [-0.05, 0) is 32.6 Å². The average Bonchev–Trinajstić information content (AvgIpc) is 2.19. The molecule has 0 aliphatic carbocycles. The molecule has 0 aromatic rings. The van der Waals surface area contributed by atoms with E-state index in [4.69, 9.17) is 0 Å². The van der Waals surface area contributed by atoms with Gasteiger partial charge in [0.2, 0.25) is 0 Å². The molecule has 14 heavy (non-hydrogen) atoms. The number of likely N-dealkylation sites (tertiary alicyclic amines) is 1. The van der Waals surface area contributed by atoms with Gasteiger partial charge >= 0.3 is 6.03 Å². The monoisotopic (exact) mass is 196 g/mol. The molecule has 0 radical (unpaired) electrons. The maximum Gasteiger partial charge on any atom is 0.317 e. The van der Waals surface area contributed by atoms with E-state index in [0.717, 1.165) is 32.4 Å². The predicted molar refractivity (Wildman–Crippen MR) is 58.2 cm³/mol. The van der Waals surface area contributed by atoms with Gasteiger partial charge in [0, 0.05) is 19.1 Å². The molecule has 0 saturated carbocycles. The number of amides is 2. The van der Waals surface area contributed by atoms with Crippen LogP contribution < -0.4 is 5.32 Å². The number of piperidine rings is 1. The van der Waals surface area contributed by atoms with E-state index < -0.39 is 0 Å². The SMILES string of the molecule is C=CCC(C)NC(=O)N1CCCCC1. The summed E-state index contributed by atoms with van der Waals surface area (Å²) >= 11 is 0. The largest absolute Gasteiger partial charge is 0.335 e. The van der Waals surface area contributed by atoms with Crippen molar-refractivity contribution in [1.29, 1.82) is 0 Å². The van der Waals surface area contributed by atoms with Gasteiger partial charge in [0.1, 0.15) is 0 Å². The quantitative estimate of drug-likeness (QED) is 0.689. The zero-order valence-corrected chi connectivity index (χ0v) is 8.96. The van der Waals surface area contributed by atoms with Gasteiger partial charge in [0.15, 0.2) is 0 Å². The third kappa shape index (κ3) is 3.40. The van der Waals surface area contributed by atoms with Crippen LogP contribution in [0.15, 0.2) is 12.7 Å². The van der Waals surface area contributed by atoms with Gasteiger partial charge in [-0.3, -0.25) is 0 Å². The van der Waals surface area contributed by atoms with E-state index in [1.807, 2.05) is 17.9 Å². The van der Waals surface area contributed by atoms with Crippen molar-refractivity contribution in [1.82, 2.24) is 10.2 Å². The molecule has 1 heterocycles. The van der Waals surface area contributed by atoms with E-state index in [1.165, 1.54) is 6.42 Å². The van der Waals surface area contributed by atoms with Crippen LogP contribution >= 0.6 is 0 Å². The summed E-state index contributed by atoms with van der Waals surface area (Å²) in [6.07, 6.45) is 6.21. The first-order chi connectivity index (χ1) is 6.74. The minimum Gasteiger partial charge on any atom is -0.335 e.